The van der Waals surface area contributed by atoms with Gasteiger partial charge in [-0.25, -0.2) is 0 Å². The first-order chi connectivity index (χ1) is 8.61. The van der Waals surface area contributed by atoms with Crippen LogP contribution in [0, 0.1) is 0 Å². The van der Waals surface area contributed by atoms with Gasteiger partial charge < -0.3 is 9.84 Å². The van der Waals surface area contributed by atoms with Crippen LogP contribution in [0.3, 0.4) is 0 Å². The van der Waals surface area contributed by atoms with E-state index in [1.54, 1.807) is 25.0 Å². The van der Waals surface area contributed by atoms with E-state index in [1.807, 2.05) is 24.3 Å². The number of rotatable bonds is 4. The van der Waals surface area contributed by atoms with E-state index in [9.17, 15) is 5.11 Å². The Labute approximate surface area is 111 Å². The SMILES string of the molecule is COc1cnn(C)c1C(O)Cc1cccc(Cl)c1. The Morgan fingerprint density at radius 2 is 2.28 bits per heavy atom. The van der Waals surface area contributed by atoms with E-state index in [-0.39, 0.29) is 0 Å². The highest BCUT2D eigenvalue weighted by Gasteiger charge is 2.18. The fourth-order valence-corrected chi connectivity index (χ4v) is 2.16. The molecule has 0 aliphatic heterocycles. The van der Waals surface area contributed by atoms with Gasteiger partial charge >= 0.3 is 0 Å². The van der Waals surface area contributed by atoms with Crippen molar-refractivity contribution in [1.29, 1.82) is 0 Å². The summed E-state index contributed by atoms with van der Waals surface area (Å²) in [6, 6.07) is 7.44. The van der Waals surface area contributed by atoms with Crippen LogP contribution in [-0.2, 0) is 13.5 Å². The second-order valence-corrected chi connectivity index (χ2v) is 4.51. The molecule has 96 valence electrons. The van der Waals surface area contributed by atoms with Crippen LogP contribution in [-0.4, -0.2) is 22.0 Å². The van der Waals surface area contributed by atoms with Gasteiger partial charge in [-0.2, -0.15) is 5.10 Å². The second kappa shape index (κ2) is 5.42. The van der Waals surface area contributed by atoms with Gasteiger partial charge in [0.2, 0.25) is 0 Å². The van der Waals surface area contributed by atoms with Crippen molar-refractivity contribution in [2.45, 2.75) is 12.5 Å². The van der Waals surface area contributed by atoms with Gasteiger partial charge in [0.1, 0.15) is 11.8 Å². The molecule has 1 atom stereocenters. The molecular weight excluding hydrogens is 252 g/mol. The summed E-state index contributed by atoms with van der Waals surface area (Å²) in [5.74, 6) is 0.590. The van der Waals surface area contributed by atoms with Crippen molar-refractivity contribution < 1.29 is 9.84 Å². The summed E-state index contributed by atoms with van der Waals surface area (Å²) in [7, 11) is 3.34. The number of benzene rings is 1. The number of hydrogen-bond donors (Lipinski definition) is 1. The standard InChI is InChI=1S/C13H15ClN2O2/c1-16-13(12(18-2)8-15-16)11(17)7-9-4-3-5-10(14)6-9/h3-6,8,11,17H,7H2,1-2H3. The third-order valence-corrected chi connectivity index (χ3v) is 3.04. The molecule has 0 radical (unpaired) electrons. The minimum atomic E-state index is -0.675. The van der Waals surface area contributed by atoms with E-state index in [2.05, 4.69) is 5.10 Å². The van der Waals surface area contributed by atoms with Crippen LogP contribution in [0.15, 0.2) is 30.5 Å². The number of nitrogens with zero attached hydrogens (tertiary/aromatic N) is 2. The number of halogens is 1. The molecule has 1 N–H and O–H groups in total. The summed E-state index contributed by atoms with van der Waals surface area (Å²) in [4.78, 5) is 0. The van der Waals surface area contributed by atoms with Crippen LogP contribution in [0.5, 0.6) is 5.75 Å². The molecule has 2 aromatic rings. The quantitative estimate of drug-likeness (QED) is 0.924. The van der Waals surface area contributed by atoms with Crippen molar-refractivity contribution >= 4 is 11.6 Å². The smallest absolute Gasteiger partial charge is 0.162 e. The molecule has 1 aromatic heterocycles. The van der Waals surface area contributed by atoms with E-state index in [4.69, 9.17) is 16.3 Å². The topological polar surface area (TPSA) is 47.3 Å². The first kappa shape index (κ1) is 12.9. The van der Waals surface area contributed by atoms with Crippen LogP contribution in [0.4, 0.5) is 0 Å². The highest BCUT2D eigenvalue weighted by Crippen LogP contribution is 2.27. The molecule has 0 amide bonds. The number of aromatic nitrogens is 2. The van der Waals surface area contributed by atoms with E-state index in [0.717, 1.165) is 5.56 Å². The van der Waals surface area contributed by atoms with E-state index in [1.165, 1.54) is 0 Å². The summed E-state index contributed by atoms with van der Waals surface area (Å²) in [5.41, 5.74) is 1.63. The highest BCUT2D eigenvalue weighted by atomic mass is 35.5. The van der Waals surface area contributed by atoms with Crippen molar-refractivity contribution in [3.63, 3.8) is 0 Å². The van der Waals surface area contributed by atoms with Gasteiger partial charge in [0.05, 0.1) is 13.3 Å². The van der Waals surface area contributed by atoms with Crippen molar-refractivity contribution in [2.24, 2.45) is 7.05 Å². The van der Waals surface area contributed by atoms with Crippen molar-refractivity contribution in [2.75, 3.05) is 7.11 Å². The molecule has 0 spiro atoms. The lowest BCUT2D eigenvalue weighted by atomic mass is 10.1. The van der Waals surface area contributed by atoms with Gasteiger partial charge in [-0.05, 0) is 17.7 Å². The van der Waals surface area contributed by atoms with Crippen LogP contribution in [0.25, 0.3) is 0 Å². The van der Waals surface area contributed by atoms with Crippen molar-refractivity contribution in [3.05, 3.63) is 46.7 Å². The van der Waals surface area contributed by atoms with Gasteiger partial charge in [-0.15, -0.1) is 0 Å². The summed E-state index contributed by atoms with van der Waals surface area (Å²) in [5, 5.41) is 15.0. The fraction of sp³-hybridized carbons (Fsp3) is 0.308. The predicted molar refractivity (Wildman–Crippen MR) is 69.9 cm³/mol. The molecule has 2 rings (SSSR count). The lowest BCUT2D eigenvalue weighted by Gasteiger charge is -2.13. The molecule has 1 unspecified atom stereocenters. The molecule has 0 aliphatic carbocycles. The number of ether oxygens (including phenoxy) is 1. The largest absolute Gasteiger partial charge is 0.493 e. The maximum Gasteiger partial charge on any atom is 0.162 e. The molecule has 0 bridgehead atoms. The molecule has 4 nitrogen and oxygen atoms in total. The molecule has 0 fully saturated rings. The maximum absolute atomic E-state index is 10.3. The van der Waals surface area contributed by atoms with Gasteiger partial charge in [0, 0.05) is 18.5 Å². The molecule has 0 saturated heterocycles. The zero-order chi connectivity index (χ0) is 13.1. The van der Waals surface area contributed by atoms with Crippen molar-refractivity contribution in [3.8, 4) is 5.75 Å². The van der Waals surface area contributed by atoms with Gasteiger partial charge in [0.25, 0.3) is 0 Å². The maximum atomic E-state index is 10.3. The molecule has 5 heteroatoms. The zero-order valence-corrected chi connectivity index (χ0v) is 11.1. The third-order valence-electron chi connectivity index (χ3n) is 2.80. The monoisotopic (exact) mass is 266 g/mol. The Morgan fingerprint density at radius 3 is 2.94 bits per heavy atom. The van der Waals surface area contributed by atoms with Crippen LogP contribution in [0.1, 0.15) is 17.4 Å². The minimum absolute atomic E-state index is 0.469. The third kappa shape index (κ3) is 2.66. The Hall–Kier alpha value is -1.52. The first-order valence-corrected chi connectivity index (χ1v) is 5.98. The van der Waals surface area contributed by atoms with Crippen LogP contribution < -0.4 is 4.74 Å². The highest BCUT2D eigenvalue weighted by molar-refractivity contribution is 6.30. The van der Waals surface area contributed by atoms with Crippen LogP contribution in [0.2, 0.25) is 5.02 Å². The summed E-state index contributed by atoms with van der Waals surface area (Å²) < 4.78 is 6.80. The summed E-state index contributed by atoms with van der Waals surface area (Å²) >= 11 is 5.92. The molecule has 1 heterocycles. The zero-order valence-electron chi connectivity index (χ0n) is 10.3. The van der Waals surface area contributed by atoms with Gasteiger partial charge in [-0.1, -0.05) is 23.7 Å². The lowest BCUT2D eigenvalue weighted by molar-refractivity contribution is 0.164. The Balaban J connectivity index is 2.21. The average Bonchev–Trinajstić information content (AvgIpc) is 2.70. The number of aliphatic hydroxyl groups is 1. The molecule has 18 heavy (non-hydrogen) atoms. The first-order valence-electron chi connectivity index (χ1n) is 5.60. The predicted octanol–water partition coefficient (Wildman–Crippen LogP) is 2.36. The van der Waals surface area contributed by atoms with Crippen molar-refractivity contribution in [1.82, 2.24) is 9.78 Å². The fourth-order valence-electron chi connectivity index (χ4n) is 1.95. The Kier molecular flexibility index (Phi) is 3.89. The minimum Gasteiger partial charge on any atom is -0.493 e. The Bertz CT molecular complexity index is 540. The van der Waals surface area contributed by atoms with Crippen LogP contribution >= 0.6 is 11.6 Å². The number of aliphatic hydroxyl groups excluding tert-OH is 1. The second-order valence-electron chi connectivity index (χ2n) is 4.07. The van der Waals surface area contributed by atoms with E-state index < -0.39 is 6.10 Å². The van der Waals surface area contributed by atoms with E-state index in [0.29, 0.717) is 22.9 Å². The van der Waals surface area contributed by atoms with Gasteiger partial charge in [0.15, 0.2) is 5.75 Å². The number of hydrogen-bond acceptors (Lipinski definition) is 3. The molecule has 1 aromatic carbocycles. The van der Waals surface area contributed by atoms with Gasteiger partial charge in [-0.3, -0.25) is 4.68 Å². The molecule has 0 aliphatic rings. The molecule has 0 saturated carbocycles. The summed E-state index contributed by atoms with van der Waals surface area (Å²) in [6.45, 7) is 0. The lowest BCUT2D eigenvalue weighted by Crippen LogP contribution is -2.09. The number of methoxy groups -OCH3 is 1. The summed E-state index contributed by atoms with van der Waals surface area (Å²) in [6.07, 6.45) is 1.39. The van der Waals surface area contributed by atoms with E-state index >= 15 is 0 Å². The average molecular weight is 267 g/mol. The normalized spacial score (nSPS) is 12.4. The Morgan fingerprint density at radius 1 is 1.50 bits per heavy atom. The number of aryl methyl sites for hydroxylation is 1. The molecular formula is C13H15ClN2O2.